The highest BCUT2D eigenvalue weighted by molar-refractivity contribution is 6.11. The van der Waals surface area contributed by atoms with Crippen molar-refractivity contribution in [3.05, 3.63) is 51.2 Å². The Labute approximate surface area is 137 Å². The number of ketones is 1. The van der Waals surface area contributed by atoms with Crippen LogP contribution in [0.25, 0.3) is 0 Å². The number of carboxylic acids is 1. The molecule has 1 aromatic carbocycles. The van der Waals surface area contributed by atoms with Crippen LogP contribution < -0.4 is 0 Å². The molecule has 24 heavy (non-hydrogen) atoms. The van der Waals surface area contributed by atoms with E-state index in [1.165, 1.54) is 18.2 Å². The van der Waals surface area contributed by atoms with Gasteiger partial charge >= 0.3 is 5.97 Å². The third-order valence-electron chi connectivity index (χ3n) is 4.61. The molecule has 2 atom stereocenters. The Morgan fingerprint density at radius 3 is 2.67 bits per heavy atom. The molecular weight excluding hydrogens is 312 g/mol. The first-order valence-electron chi connectivity index (χ1n) is 7.69. The Balaban J connectivity index is 2.26. The molecule has 2 unspecified atom stereocenters. The van der Waals surface area contributed by atoms with E-state index in [4.69, 9.17) is 0 Å². The molecule has 124 valence electrons. The summed E-state index contributed by atoms with van der Waals surface area (Å²) in [5.74, 6) is -2.90. The van der Waals surface area contributed by atoms with E-state index >= 15 is 0 Å². The minimum atomic E-state index is -1.20. The first-order chi connectivity index (χ1) is 11.4. The largest absolute Gasteiger partial charge is 0.478 e. The zero-order valence-corrected chi connectivity index (χ0v) is 13.1. The van der Waals surface area contributed by atoms with Gasteiger partial charge in [-0.05, 0) is 19.8 Å². The third-order valence-corrected chi connectivity index (χ3v) is 4.61. The lowest BCUT2D eigenvalue weighted by molar-refractivity contribution is -0.385. The number of fused-ring (bicyclic) bond motifs is 1. The van der Waals surface area contributed by atoms with Crippen LogP contribution in [0.1, 0.15) is 37.7 Å². The normalized spacial score (nSPS) is 23.5. The predicted molar refractivity (Wildman–Crippen MR) is 86.0 cm³/mol. The highest BCUT2D eigenvalue weighted by atomic mass is 16.6. The molecule has 1 saturated carbocycles. The number of aliphatic imine (C=N–C) groups is 1. The Hall–Kier alpha value is -2.83. The fraction of sp³-hybridized carbons (Fsp3) is 0.353. The van der Waals surface area contributed by atoms with Crippen molar-refractivity contribution in [3.63, 3.8) is 0 Å². The molecule has 7 heteroatoms. The number of aliphatic carboxylic acids is 1. The van der Waals surface area contributed by atoms with E-state index in [1.807, 2.05) is 0 Å². The van der Waals surface area contributed by atoms with Crippen molar-refractivity contribution in [2.75, 3.05) is 0 Å². The smallest absolute Gasteiger partial charge is 0.334 e. The standard InChI is InChI=1S/C17H16N2O5/c1-9-14(17(21)22)15(10-5-2-3-7-12(10)19(23)24)16-11(18-9)6-4-8-13(16)20/h2-3,5,7,15-16H,4,6,8H2,1H3,(H,21,22). The van der Waals surface area contributed by atoms with Gasteiger partial charge in [-0.3, -0.25) is 19.9 Å². The number of para-hydroxylation sites is 1. The Morgan fingerprint density at radius 1 is 1.29 bits per heavy atom. The molecule has 1 heterocycles. The van der Waals surface area contributed by atoms with Gasteiger partial charge in [0.25, 0.3) is 5.69 Å². The molecule has 7 nitrogen and oxygen atoms in total. The van der Waals surface area contributed by atoms with Gasteiger partial charge in [0.15, 0.2) is 0 Å². The monoisotopic (exact) mass is 328 g/mol. The lowest BCUT2D eigenvalue weighted by atomic mass is 9.69. The minimum Gasteiger partial charge on any atom is -0.478 e. The molecule has 0 aromatic heterocycles. The van der Waals surface area contributed by atoms with Crippen LogP contribution in [0.2, 0.25) is 0 Å². The van der Waals surface area contributed by atoms with E-state index in [9.17, 15) is 24.8 Å². The van der Waals surface area contributed by atoms with Crippen molar-refractivity contribution in [1.29, 1.82) is 0 Å². The van der Waals surface area contributed by atoms with Gasteiger partial charge in [-0.1, -0.05) is 18.2 Å². The Morgan fingerprint density at radius 2 is 2.00 bits per heavy atom. The second-order valence-electron chi connectivity index (χ2n) is 6.00. The molecule has 0 amide bonds. The van der Waals surface area contributed by atoms with Gasteiger partial charge in [0.2, 0.25) is 0 Å². The van der Waals surface area contributed by atoms with E-state index in [1.54, 1.807) is 13.0 Å². The molecule has 1 N–H and O–H groups in total. The quantitative estimate of drug-likeness (QED) is 0.677. The number of Topliss-reactive ketones (excluding diaryl/α,β-unsaturated/α-hetero) is 1. The Bertz CT molecular complexity index is 809. The number of hydrogen-bond donors (Lipinski definition) is 1. The van der Waals surface area contributed by atoms with E-state index < -0.39 is 22.7 Å². The third kappa shape index (κ3) is 2.51. The van der Waals surface area contributed by atoms with Crippen molar-refractivity contribution >= 4 is 23.2 Å². The Kier molecular flexibility index (Phi) is 4.01. The number of carbonyl (C=O) groups is 2. The maximum atomic E-state index is 12.5. The molecule has 3 rings (SSSR count). The molecule has 0 bridgehead atoms. The van der Waals surface area contributed by atoms with Gasteiger partial charge in [-0.2, -0.15) is 0 Å². The summed E-state index contributed by atoms with van der Waals surface area (Å²) in [5.41, 5.74) is 0.998. The molecule has 0 radical (unpaired) electrons. The van der Waals surface area contributed by atoms with Crippen LogP contribution in [0.3, 0.4) is 0 Å². The van der Waals surface area contributed by atoms with Crippen LogP contribution in [0.15, 0.2) is 40.5 Å². The number of nitro groups is 1. The van der Waals surface area contributed by atoms with Gasteiger partial charge in [0, 0.05) is 35.4 Å². The number of hydrogen-bond acceptors (Lipinski definition) is 5. The lowest BCUT2D eigenvalue weighted by Gasteiger charge is -2.34. The van der Waals surface area contributed by atoms with Gasteiger partial charge in [0.05, 0.1) is 16.4 Å². The van der Waals surface area contributed by atoms with Crippen LogP contribution in [0.4, 0.5) is 5.69 Å². The zero-order chi connectivity index (χ0) is 17.4. The fourth-order valence-electron chi connectivity index (χ4n) is 3.65. The lowest BCUT2D eigenvalue weighted by Crippen LogP contribution is -2.38. The average molecular weight is 328 g/mol. The SMILES string of the molecule is CC1=C(C(=O)O)C(c2ccccc2[N+](=O)[O-])C2C(=O)CCCC2=N1. The summed E-state index contributed by atoms with van der Waals surface area (Å²) < 4.78 is 0. The minimum absolute atomic E-state index is 0.0340. The van der Waals surface area contributed by atoms with Crippen LogP contribution in [0.5, 0.6) is 0 Å². The predicted octanol–water partition coefficient (Wildman–Crippen LogP) is 2.86. The molecule has 1 aliphatic carbocycles. The maximum absolute atomic E-state index is 12.5. The first kappa shape index (κ1) is 16.0. The summed E-state index contributed by atoms with van der Waals surface area (Å²) in [6, 6.07) is 6.02. The number of carboxylic acid groups (broad SMARTS) is 1. The molecule has 0 spiro atoms. The number of benzene rings is 1. The first-order valence-corrected chi connectivity index (χ1v) is 7.69. The topological polar surface area (TPSA) is 110 Å². The average Bonchev–Trinajstić information content (AvgIpc) is 2.53. The van der Waals surface area contributed by atoms with E-state index in [2.05, 4.69) is 4.99 Å². The van der Waals surface area contributed by atoms with Gasteiger partial charge in [0.1, 0.15) is 5.78 Å². The van der Waals surface area contributed by atoms with Crippen LogP contribution >= 0.6 is 0 Å². The number of allylic oxidation sites excluding steroid dienone is 1. The van der Waals surface area contributed by atoms with Crippen LogP contribution in [-0.4, -0.2) is 27.5 Å². The maximum Gasteiger partial charge on any atom is 0.334 e. The molecule has 1 aliphatic heterocycles. The molecule has 0 saturated heterocycles. The summed E-state index contributed by atoms with van der Waals surface area (Å²) in [5, 5.41) is 21.0. The van der Waals surface area contributed by atoms with Crippen molar-refractivity contribution in [1.82, 2.24) is 0 Å². The van der Waals surface area contributed by atoms with Crippen molar-refractivity contribution in [3.8, 4) is 0 Å². The second kappa shape index (κ2) is 5.99. The number of nitrogens with zero attached hydrogens (tertiary/aromatic N) is 2. The van der Waals surface area contributed by atoms with E-state index in [-0.39, 0.29) is 22.6 Å². The highest BCUT2D eigenvalue weighted by Gasteiger charge is 2.45. The van der Waals surface area contributed by atoms with Crippen molar-refractivity contribution in [2.45, 2.75) is 32.1 Å². The molecular formula is C17H16N2O5. The number of rotatable bonds is 3. The summed E-state index contributed by atoms with van der Waals surface area (Å²) >= 11 is 0. The van der Waals surface area contributed by atoms with Crippen LogP contribution in [0, 0.1) is 16.0 Å². The fourth-order valence-corrected chi connectivity index (χ4v) is 3.65. The highest BCUT2D eigenvalue weighted by Crippen LogP contribution is 2.45. The van der Waals surface area contributed by atoms with Crippen molar-refractivity contribution < 1.29 is 19.6 Å². The van der Waals surface area contributed by atoms with Crippen molar-refractivity contribution in [2.24, 2.45) is 10.9 Å². The number of nitro benzene ring substituents is 1. The number of carbonyl (C=O) groups excluding carboxylic acids is 1. The molecule has 1 fully saturated rings. The van der Waals surface area contributed by atoms with Gasteiger partial charge in [-0.15, -0.1) is 0 Å². The summed E-state index contributed by atoms with van der Waals surface area (Å²) in [6.45, 7) is 1.58. The van der Waals surface area contributed by atoms with E-state index in [0.29, 0.717) is 30.7 Å². The van der Waals surface area contributed by atoms with Gasteiger partial charge < -0.3 is 5.11 Å². The van der Waals surface area contributed by atoms with Crippen LogP contribution in [-0.2, 0) is 9.59 Å². The summed E-state index contributed by atoms with van der Waals surface area (Å²) in [7, 11) is 0. The zero-order valence-electron chi connectivity index (χ0n) is 13.1. The molecule has 1 aromatic rings. The summed E-state index contributed by atoms with van der Waals surface area (Å²) in [6.07, 6.45) is 1.62. The molecule has 2 aliphatic rings. The van der Waals surface area contributed by atoms with E-state index in [0.717, 1.165) is 0 Å². The second-order valence-corrected chi connectivity index (χ2v) is 6.00. The van der Waals surface area contributed by atoms with Gasteiger partial charge in [-0.25, -0.2) is 4.79 Å². The summed E-state index contributed by atoms with van der Waals surface area (Å²) in [4.78, 5) is 39.5.